The molecule has 0 amide bonds. The van der Waals surface area contributed by atoms with Gasteiger partial charge in [-0.2, -0.15) is 0 Å². The predicted octanol–water partition coefficient (Wildman–Crippen LogP) is 6.94. The largest absolute Gasteiger partial charge is 0.465 e. The number of rotatable bonds is 22. The average Bonchev–Trinajstić information content (AvgIpc) is 2.81. The van der Waals surface area contributed by atoms with E-state index in [1.165, 1.54) is 38.5 Å². The van der Waals surface area contributed by atoms with Crippen molar-refractivity contribution in [2.45, 2.75) is 124 Å². The number of hydrogen-bond acceptors (Lipinski definition) is 6. The van der Waals surface area contributed by atoms with Gasteiger partial charge in [0.2, 0.25) is 0 Å². The van der Waals surface area contributed by atoms with Gasteiger partial charge in [0.15, 0.2) is 6.10 Å². The molecule has 0 aromatic heterocycles. The molecule has 0 aliphatic rings. The maximum absolute atomic E-state index is 12.7. The fourth-order valence-corrected chi connectivity index (χ4v) is 3.74. The standard InChI is InChI=1S/C28H50O6/c1-6-9-20-33-28(31)25(34-26(29)8-3)22-24(18-7-2)27(30)32-21-17-15-13-11-10-12-14-16-19-23(4)5/h8,23-25H,3,6-7,9-22H2,1-2,4-5H3. The molecule has 0 N–H and O–H groups in total. The smallest absolute Gasteiger partial charge is 0.347 e. The van der Waals surface area contributed by atoms with Gasteiger partial charge in [-0.1, -0.05) is 98.5 Å². The second-order valence-corrected chi connectivity index (χ2v) is 9.55. The molecule has 34 heavy (non-hydrogen) atoms. The number of carbonyl (C=O) groups is 3. The van der Waals surface area contributed by atoms with Gasteiger partial charge < -0.3 is 14.2 Å². The molecule has 2 unspecified atom stereocenters. The van der Waals surface area contributed by atoms with Crippen LogP contribution >= 0.6 is 0 Å². The summed E-state index contributed by atoms with van der Waals surface area (Å²) in [7, 11) is 0. The normalized spacial score (nSPS) is 12.7. The van der Waals surface area contributed by atoms with E-state index >= 15 is 0 Å². The minimum atomic E-state index is -1.13. The molecule has 0 rings (SSSR count). The van der Waals surface area contributed by atoms with E-state index in [2.05, 4.69) is 20.4 Å². The minimum absolute atomic E-state index is 0.0635. The van der Waals surface area contributed by atoms with E-state index in [1.54, 1.807) is 0 Å². The molecule has 0 spiro atoms. The summed E-state index contributed by atoms with van der Waals surface area (Å²) in [6, 6.07) is 0. The van der Waals surface area contributed by atoms with Crippen LogP contribution < -0.4 is 0 Å². The fourth-order valence-electron chi connectivity index (χ4n) is 3.74. The molecule has 0 aromatic rings. The van der Waals surface area contributed by atoms with Crippen LogP contribution in [0.5, 0.6) is 0 Å². The van der Waals surface area contributed by atoms with Crippen molar-refractivity contribution >= 4 is 17.9 Å². The van der Waals surface area contributed by atoms with Crippen molar-refractivity contribution in [2.24, 2.45) is 11.8 Å². The van der Waals surface area contributed by atoms with Crippen LogP contribution in [0.15, 0.2) is 12.7 Å². The van der Waals surface area contributed by atoms with Crippen LogP contribution in [-0.4, -0.2) is 37.2 Å². The number of unbranched alkanes of at least 4 members (excludes halogenated alkanes) is 8. The lowest BCUT2D eigenvalue weighted by Gasteiger charge is -2.21. The van der Waals surface area contributed by atoms with Gasteiger partial charge in [-0.15, -0.1) is 0 Å². The summed E-state index contributed by atoms with van der Waals surface area (Å²) >= 11 is 0. The topological polar surface area (TPSA) is 78.9 Å². The van der Waals surface area contributed by atoms with Gasteiger partial charge in [-0.05, 0) is 25.2 Å². The zero-order chi connectivity index (χ0) is 25.6. The van der Waals surface area contributed by atoms with Crippen LogP contribution in [0.4, 0.5) is 0 Å². The van der Waals surface area contributed by atoms with E-state index in [9.17, 15) is 14.4 Å². The van der Waals surface area contributed by atoms with Crippen molar-refractivity contribution in [3.63, 3.8) is 0 Å². The van der Waals surface area contributed by atoms with Crippen LogP contribution in [-0.2, 0) is 28.6 Å². The highest BCUT2D eigenvalue weighted by Gasteiger charge is 2.31. The van der Waals surface area contributed by atoms with E-state index in [0.717, 1.165) is 50.5 Å². The van der Waals surface area contributed by atoms with Crippen LogP contribution in [0.25, 0.3) is 0 Å². The first kappa shape index (κ1) is 32.1. The molecule has 0 saturated carbocycles. The third-order valence-electron chi connectivity index (χ3n) is 5.82. The Kier molecular flexibility index (Phi) is 20.5. The van der Waals surface area contributed by atoms with Crippen LogP contribution in [0.2, 0.25) is 0 Å². The second kappa shape index (κ2) is 21.7. The Morgan fingerprint density at radius 2 is 1.29 bits per heavy atom. The quantitative estimate of drug-likeness (QED) is 0.0719. The predicted molar refractivity (Wildman–Crippen MR) is 136 cm³/mol. The molecule has 0 fully saturated rings. The van der Waals surface area contributed by atoms with E-state index in [4.69, 9.17) is 14.2 Å². The van der Waals surface area contributed by atoms with Gasteiger partial charge in [-0.25, -0.2) is 9.59 Å². The molecule has 0 aliphatic carbocycles. The molecule has 0 radical (unpaired) electrons. The summed E-state index contributed by atoms with van der Waals surface area (Å²) in [5.74, 6) is -1.39. The molecule has 0 aliphatic heterocycles. The van der Waals surface area contributed by atoms with Crippen molar-refractivity contribution in [2.75, 3.05) is 13.2 Å². The lowest BCUT2D eigenvalue weighted by molar-refractivity contribution is -0.168. The third-order valence-corrected chi connectivity index (χ3v) is 5.82. The molecule has 0 bridgehead atoms. The summed E-state index contributed by atoms with van der Waals surface area (Å²) in [5.41, 5.74) is 0. The van der Waals surface area contributed by atoms with Crippen molar-refractivity contribution < 1.29 is 28.6 Å². The molecule has 0 aromatic carbocycles. The van der Waals surface area contributed by atoms with E-state index in [-0.39, 0.29) is 19.0 Å². The van der Waals surface area contributed by atoms with Crippen LogP contribution in [0.3, 0.4) is 0 Å². The van der Waals surface area contributed by atoms with Gasteiger partial charge in [0, 0.05) is 12.5 Å². The number of carbonyl (C=O) groups excluding carboxylic acids is 3. The summed E-state index contributed by atoms with van der Waals surface area (Å²) < 4.78 is 15.9. The van der Waals surface area contributed by atoms with Gasteiger partial charge in [0.25, 0.3) is 0 Å². The molecule has 6 nitrogen and oxygen atoms in total. The van der Waals surface area contributed by atoms with E-state index in [1.807, 2.05) is 13.8 Å². The Morgan fingerprint density at radius 3 is 1.85 bits per heavy atom. The van der Waals surface area contributed by atoms with E-state index in [0.29, 0.717) is 13.0 Å². The van der Waals surface area contributed by atoms with Gasteiger partial charge in [-0.3, -0.25) is 4.79 Å². The monoisotopic (exact) mass is 482 g/mol. The Hall–Kier alpha value is -1.85. The van der Waals surface area contributed by atoms with Crippen molar-refractivity contribution in [3.8, 4) is 0 Å². The average molecular weight is 483 g/mol. The van der Waals surface area contributed by atoms with Crippen molar-refractivity contribution in [1.29, 1.82) is 0 Å². The van der Waals surface area contributed by atoms with Gasteiger partial charge >= 0.3 is 17.9 Å². The Balaban J connectivity index is 4.37. The van der Waals surface area contributed by atoms with Crippen molar-refractivity contribution in [1.82, 2.24) is 0 Å². The van der Waals surface area contributed by atoms with Gasteiger partial charge in [0.1, 0.15) is 0 Å². The first-order valence-electron chi connectivity index (χ1n) is 13.5. The summed E-state index contributed by atoms with van der Waals surface area (Å²) in [5, 5.41) is 0. The van der Waals surface area contributed by atoms with Crippen molar-refractivity contribution in [3.05, 3.63) is 12.7 Å². The highest BCUT2D eigenvalue weighted by atomic mass is 16.6. The molecule has 0 heterocycles. The lowest BCUT2D eigenvalue weighted by atomic mass is 9.96. The fraction of sp³-hybridized carbons (Fsp3) is 0.821. The molecular formula is C28H50O6. The summed E-state index contributed by atoms with van der Waals surface area (Å²) in [6.07, 6.45) is 13.7. The first-order valence-corrected chi connectivity index (χ1v) is 13.5. The van der Waals surface area contributed by atoms with Gasteiger partial charge in [0.05, 0.1) is 19.1 Å². The zero-order valence-electron chi connectivity index (χ0n) is 22.3. The Morgan fingerprint density at radius 1 is 0.735 bits per heavy atom. The SMILES string of the molecule is C=CC(=O)OC(CC(CCC)C(=O)OCCCCCCCCCCC(C)C)C(=O)OCCCC. The maximum atomic E-state index is 12.7. The Bertz CT molecular complexity index is 557. The lowest BCUT2D eigenvalue weighted by Crippen LogP contribution is -2.33. The van der Waals surface area contributed by atoms with Crippen LogP contribution in [0, 0.1) is 11.8 Å². The second-order valence-electron chi connectivity index (χ2n) is 9.55. The Labute approximate surface area is 208 Å². The first-order chi connectivity index (χ1) is 16.3. The summed E-state index contributed by atoms with van der Waals surface area (Å²) in [4.78, 5) is 36.8. The molecule has 198 valence electrons. The molecule has 0 saturated heterocycles. The third kappa shape index (κ3) is 17.6. The molecular weight excluding hydrogens is 432 g/mol. The summed E-state index contributed by atoms with van der Waals surface area (Å²) in [6.45, 7) is 12.5. The highest BCUT2D eigenvalue weighted by molar-refractivity contribution is 5.85. The highest BCUT2D eigenvalue weighted by Crippen LogP contribution is 2.20. The molecule has 6 heteroatoms. The zero-order valence-corrected chi connectivity index (χ0v) is 22.3. The minimum Gasteiger partial charge on any atom is -0.465 e. The molecule has 2 atom stereocenters. The van der Waals surface area contributed by atoms with Crippen LogP contribution in [0.1, 0.15) is 118 Å². The maximum Gasteiger partial charge on any atom is 0.347 e. The number of ether oxygens (including phenoxy) is 3. The number of esters is 3. The number of hydrogen-bond donors (Lipinski definition) is 0. The van der Waals surface area contributed by atoms with E-state index < -0.39 is 24.0 Å².